The molecule has 0 aliphatic carbocycles. The molecule has 0 atom stereocenters. The van der Waals surface area contributed by atoms with Crippen LogP contribution in [0.2, 0.25) is 0 Å². The lowest BCUT2D eigenvalue weighted by molar-refractivity contribution is 0.303. The van der Waals surface area contributed by atoms with Gasteiger partial charge < -0.3 is 9.15 Å². The van der Waals surface area contributed by atoms with Crippen molar-refractivity contribution in [2.24, 2.45) is 5.92 Å². The van der Waals surface area contributed by atoms with Crippen LogP contribution in [0.1, 0.15) is 41.9 Å². The van der Waals surface area contributed by atoms with Gasteiger partial charge in [0.2, 0.25) is 0 Å². The molecule has 2 nitrogen and oxygen atoms in total. The predicted molar refractivity (Wildman–Crippen MR) is 108 cm³/mol. The van der Waals surface area contributed by atoms with E-state index in [2.05, 4.69) is 76.2 Å². The first-order valence-corrected chi connectivity index (χ1v) is 9.31. The second kappa shape index (κ2) is 7.82. The molecule has 0 radical (unpaired) electrons. The molecule has 0 N–H and O–H groups in total. The Kier molecular flexibility index (Phi) is 5.51. The van der Waals surface area contributed by atoms with Gasteiger partial charge in [-0.3, -0.25) is 0 Å². The highest BCUT2D eigenvalue weighted by Crippen LogP contribution is 2.27. The summed E-state index contributed by atoms with van der Waals surface area (Å²) in [5.74, 6) is 3.38. The van der Waals surface area contributed by atoms with Gasteiger partial charge in [-0.15, -0.1) is 0 Å². The Morgan fingerprint density at radius 3 is 2.27 bits per heavy atom. The molecule has 0 bridgehead atoms. The predicted octanol–water partition coefficient (Wildman–Crippen LogP) is 6.65. The van der Waals surface area contributed by atoms with Gasteiger partial charge in [0.05, 0.1) is 0 Å². The van der Waals surface area contributed by atoms with Crippen molar-refractivity contribution in [3.63, 3.8) is 0 Å². The number of hydrogen-bond donors (Lipinski definition) is 0. The van der Waals surface area contributed by atoms with Crippen molar-refractivity contribution >= 4 is 0 Å². The highest BCUT2D eigenvalue weighted by molar-refractivity contribution is 5.59. The molecular weight excluding hydrogens is 320 g/mol. The second-order valence-electron chi connectivity index (χ2n) is 7.53. The Bertz CT molecular complexity index is 870. The minimum Gasteiger partial charge on any atom is -0.489 e. The van der Waals surface area contributed by atoms with E-state index in [9.17, 15) is 0 Å². The van der Waals surface area contributed by atoms with Gasteiger partial charge in [0, 0.05) is 11.1 Å². The summed E-state index contributed by atoms with van der Waals surface area (Å²) in [5, 5.41) is 0. The van der Waals surface area contributed by atoms with Crippen LogP contribution in [0.15, 0.2) is 52.9 Å². The first-order valence-electron chi connectivity index (χ1n) is 9.31. The molecule has 2 aromatic carbocycles. The van der Waals surface area contributed by atoms with Gasteiger partial charge in [-0.05, 0) is 62.4 Å². The second-order valence-corrected chi connectivity index (χ2v) is 7.53. The van der Waals surface area contributed by atoms with E-state index in [1.165, 1.54) is 16.7 Å². The molecule has 0 fully saturated rings. The van der Waals surface area contributed by atoms with Crippen LogP contribution in [-0.2, 0) is 13.0 Å². The standard InChI is InChI=1S/C24H28O2/c1-16(2)12-21-10-11-23(13-18(21)4)25-15-22-14-24(26-19(22)5)20-8-6-17(3)7-9-20/h6-11,13-14,16H,12,15H2,1-5H3. The van der Waals surface area contributed by atoms with Crippen molar-refractivity contribution in [1.82, 2.24) is 0 Å². The van der Waals surface area contributed by atoms with Gasteiger partial charge in [-0.1, -0.05) is 49.7 Å². The van der Waals surface area contributed by atoms with Crippen molar-refractivity contribution in [3.05, 3.63) is 76.5 Å². The van der Waals surface area contributed by atoms with E-state index in [0.717, 1.165) is 34.8 Å². The number of aryl methyl sites for hydroxylation is 3. The van der Waals surface area contributed by atoms with E-state index in [-0.39, 0.29) is 0 Å². The maximum Gasteiger partial charge on any atom is 0.134 e. The van der Waals surface area contributed by atoms with E-state index < -0.39 is 0 Å². The van der Waals surface area contributed by atoms with Crippen molar-refractivity contribution < 1.29 is 9.15 Å². The molecule has 3 aromatic rings. The van der Waals surface area contributed by atoms with Gasteiger partial charge >= 0.3 is 0 Å². The summed E-state index contributed by atoms with van der Waals surface area (Å²) in [6.45, 7) is 11.2. The quantitative estimate of drug-likeness (QED) is 0.497. The summed E-state index contributed by atoms with van der Waals surface area (Å²) < 4.78 is 12.0. The Morgan fingerprint density at radius 1 is 0.885 bits per heavy atom. The Labute approximate surface area is 156 Å². The van der Waals surface area contributed by atoms with Gasteiger partial charge in [0.15, 0.2) is 0 Å². The highest BCUT2D eigenvalue weighted by Gasteiger charge is 2.11. The lowest BCUT2D eigenvalue weighted by atomic mass is 9.99. The number of benzene rings is 2. The van der Waals surface area contributed by atoms with Crippen LogP contribution in [0, 0.1) is 26.7 Å². The van der Waals surface area contributed by atoms with Gasteiger partial charge in [0.1, 0.15) is 23.9 Å². The summed E-state index contributed by atoms with van der Waals surface area (Å²) in [7, 11) is 0. The minimum atomic E-state index is 0.518. The van der Waals surface area contributed by atoms with Crippen LogP contribution in [0.4, 0.5) is 0 Å². The molecule has 26 heavy (non-hydrogen) atoms. The molecule has 3 rings (SSSR count). The summed E-state index contributed by atoms with van der Waals surface area (Å²) in [6.07, 6.45) is 1.10. The average Bonchev–Trinajstić information content (AvgIpc) is 2.96. The van der Waals surface area contributed by atoms with E-state index in [0.29, 0.717) is 12.5 Å². The zero-order valence-corrected chi connectivity index (χ0v) is 16.4. The number of rotatable bonds is 6. The zero-order chi connectivity index (χ0) is 18.7. The first kappa shape index (κ1) is 18.3. The first-order chi connectivity index (χ1) is 12.4. The van der Waals surface area contributed by atoms with Crippen LogP contribution in [0.5, 0.6) is 5.75 Å². The molecular formula is C24H28O2. The van der Waals surface area contributed by atoms with Crippen molar-refractivity contribution in [2.45, 2.75) is 47.6 Å². The lowest BCUT2D eigenvalue weighted by Crippen LogP contribution is -1.99. The third kappa shape index (κ3) is 4.37. The Hall–Kier alpha value is -2.48. The van der Waals surface area contributed by atoms with Crippen LogP contribution in [-0.4, -0.2) is 0 Å². The van der Waals surface area contributed by atoms with Crippen molar-refractivity contribution in [2.75, 3.05) is 0 Å². The van der Waals surface area contributed by atoms with Crippen molar-refractivity contribution in [3.8, 4) is 17.1 Å². The van der Waals surface area contributed by atoms with Crippen LogP contribution in [0.3, 0.4) is 0 Å². The Morgan fingerprint density at radius 2 is 1.62 bits per heavy atom. The van der Waals surface area contributed by atoms with Crippen LogP contribution >= 0.6 is 0 Å². The minimum absolute atomic E-state index is 0.518. The molecule has 1 heterocycles. The SMILES string of the molecule is Cc1ccc(-c2cc(COc3ccc(CC(C)C)c(C)c3)c(C)o2)cc1. The zero-order valence-electron chi connectivity index (χ0n) is 16.4. The maximum absolute atomic E-state index is 6.02. The largest absolute Gasteiger partial charge is 0.489 e. The molecule has 0 spiro atoms. The van der Waals surface area contributed by atoms with Crippen LogP contribution < -0.4 is 4.74 Å². The van der Waals surface area contributed by atoms with E-state index in [1.807, 2.05) is 6.92 Å². The molecule has 2 heteroatoms. The summed E-state index contributed by atoms with van der Waals surface area (Å²) >= 11 is 0. The normalized spacial score (nSPS) is 11.2. The fraction of sp³-hybridized carbons (Fsp3) is 0.333. The number of furan rings is 1. The molecule has 0 unspecified atom stereocenters. The lowest BCUT2D eigenvalue weighted by Gasteiger charge is -2.11. The van der Waals surface area contributed by atoms with Gasteiger partial charge in [0.25, 0.3) is 0 Å². The highest BCUT2D eigenvalue weighted by atomic mass is 16.5. The molecule has 136 valence electrons. The molecule has 0 aliphatic heterocycles. The molecule has 0 aliphatic rings. The van der Waals surface area contributed by atoms with Crippen molar-refractivity contribution in [1.29, 1.82) is 0 Å². The third-order valence-corrected chi connectivity index (χ3v) is 4.69. The number of hydrogen-bond acceptors (Lipinski definition) is 2. The molecule has 0 saturated carbocycles. The van der Waals surface area contributed by atoms with Gasteiger partial charge in [-0.2, -0.15) is 0 Å². The van der Waals surface area contributed by atoms with E-state index in [4.69, 9.17) is 9.15 Å². The Balaban J connectivity index is 1.70. The molecule has 0 saturated heterocycles. The van der Waals surface area contributed by atoms with E-state index >= 15 is 0 Å². The molecule has 0 amide bonds. The monoisotopic (exact) mass is 348 g/mol. The average molecular weight is 348 g/mol. The fourth-order valence-electron chi connectivity index (χ4n) is 3.11. The third-order valence-electron chi connectivity index (χ3n) is 4.69. The fourth-order valence-corrected chi connectivity index (χ4v) is 3.11. The smallest absolute Gasteiger partial charge is 0.134 e. The summed E-state index contributed by atoms with van der Waals surface area (Å²) in [5.41, 5.74) is 6.12. The summed E-state index contributed by atoms with van der Waals surface area (Å²) in [6, 6.07) is 16.9. The van der Waals surface area contributed by atoms with Crippen LogP contribution in [0.25, 0.3) is 11.3 Å². The van der Waals surface area contributed by atoms with E-state index in [1.54, 1.807) is 0 Å². The number of ether oxygens (including phenoxy) is 1. The topological polar surface area (TPSA) is 22.4 Å². The molecule has 1 aromatic heterocycles. The van der Waals surface area contributed by atoms with Gasteiger partial charge in [-0.25, -0.2) is 0 Å². The maximum atomic E-state index is 6.02. The summed E-state index contributed by atoms with van der Waals surface area (Å²) in [4.78, 5) is 0.